The molecule has 2 rings (SSSR count). The van der Waals surface area contributed by atoms with E-state index in [1.807, 2.05) is 6.92 Å². The number of thiocarbonyl (C=S) groups is 1. The molecule has 1 aliphatic rings. The van der Waals surface area contributed by atoms with Crippen LogP contribution in [0.3, 0.4) is 0 Å². The summed E-state index contributed by atoms with van der Waals surface area (Å²) in [4.78, 5) is 7.37. The molecule has 0 spiro atoms. The van der Waals surface area contributed by atoms with Crippen LogP contribution >= 0.6 is 23.8 Å². The Balaban J connectivity index is 2.02. The minimum Gasteiger partial charge on any atom is -0.393 e. The van der Waals surface area contributed by atoms with Crippen LogP contribution in [0.5, 0.6) is 0 Å². The Labute approximate surface area is 111 Å². The summed E-state index contributed by atoms with van der Waals surface area (Å²) in [5, 5.41) is 0.998. The SMILES string of the molecule is CCN(CC(C)C(N)=S)c1nc(C2CC2)ns1. The molecular formula is C11H18N4S2. The highest BCUT2D eigenvalue weighted by atomic mass is 32.1. The lowest BCUT2D eigenvalue weighted by Gasteiger charge is -2.22. The molecule has 0 bridgehead atoms. The summed E-state index contributed by atoms with van der Waals surface area (Å²) in [5.74, 6) is 1.84. The van der Waals surface area contributed by atoms with E-state index in [9.17, 15) is 0 Å². The third kappa shape index (κ3) is 3.13. The van der Waals surface area contributed by atoms with Gasteiger partial charge in [0.25, 0.3) is 0 Å². The van der Waals surface area contributed by atoms with Crippen molar-refractivity contribution in [1.29, 1.82) is 0 Å². The van der Waals surface area contributed by atoms with Gasteiger partial charge in [-0.3, -0.25) is 0 Å². The number of hydrogen-bond donors (Lipinski definition) is 1. The van der Waals surface area contributed by atoms with Gasteiger partial charge in [-0.25, -0.2) is 4.98 Å². The minimum atomic E-state index is 0.207. The van der Waals surface area contributed by atoms with Crippen LogP contribution in [-0.2, 0) is 0 Å². The lowest BCUT2D eigenvalue weighted by atomic mass is 10.2. The van der Waals surface area contributed by atoms with Crippen molar-refractivity contribution in [1.82, 2.24) is 9.36 Å². The van der Waals surface area contributed by atoms with Gasteiger partial charge in [0.2, 0.25) is 5.13 Å². The summed E-state index contributed by atoms with van der Waals surface area (Å²) in [5.41, 5.74) is 5.65. The van der Waals surface area contributed by atoms with Crippen molar-refractivity contribution in [2.45, 2.75) is 32.6 Å². The van der Waals surface area contributed by atoms with Crippen LogP contribution in [-0.4, -0.2) is 27.4 Å². The molecule has 1 aromatic rings. The summed E-state index contributed by atoms with van der Waals surface area (Å²) in [6.07, 6.45) is 2.48. The molecule has 4 nitrogen and oxygen atoms in total. The van der Waals surface area contributed by atoms with Crippen molar-refractivity contribution in [3.8, 4) is 0 Å². The van der Waals surface area contributed by atoms with Crippen LogP contribution in [0.2, 0.25) is 0 Å². The second-order valence-corrected chi connectivity index (χ2v) is 5.75. The van der Waals surface area contributed by atoms with E-state index in [1.54, 1.807) is 0 Å². The Hall–Kier alpha value is -0.750. The van der Waals surface area contributed by atoms with Crippen LogP contribution < -0.4 is 10.6 Å². The highest BCUT2D eigenvalue weighted by Gasteiger charge is 2.28. The maximum atomic E-state index is 5.65. The molecule has 2 N–H and O–H groups in total. The summed E-state index contributed by atoms with van der Waals surface area (Å²) in [6, 6.07) is 0. The molecular weight excluding hydrogens is 252 g/mol. The van der Waals surface area contributed by atoms with E-state index in [0.717, 1.165) is 24.0 Å². The third-order valence-corrected chi connectivity index (χ3v) is 4.20. The van der Waals surface area contributed by atoms with Crippen molar-refractivity contribution >= 4 is 33.9 Å². The maximum absolute atomic E-state index is 5.65. The molecule has 1 unspecified atom stereocenters. The second-order valence-electron chi connectivity index (χ2n) is 4.55. The first-order valence-corrected chi connectivity index (χ1v) is 7.17. The standard InChI is InChI=1S/C11H18N4S2/c1-3-15(6-7(2)9(12)16)11-13-10(14-17-11)8-4-5-8/h7-8H,3-6H2,1-2H3,(H2,12,16). The maximum Gasteiger partial charge on any atom is 0.205 e. The summed E-state index contributed by atoms with van der Waals surface area (Å²) >= 11 is 6.49. The predicted molar refractivity (Wildman–Crippen MR) is 75.7 cm³/mol. The molecule has 1 aromatic heterocycles. The third-order valence-electron chi connectivity index (χ3n) is 3.01. The van der Waals surface area contributed by atoms with E-state index in [4.69, 9.17) is 18.0 Å². The summed E-state index contributed by atoms with van der Waals surface area (Å²) < 4.78 is 4.42. The smallest absolute Gasteiger partial charge is 0.205 e. The van der Waals surface area contributed by atoms with E-state index in [1.165, 1.54) is 24.4 Å². The molecule has 1 aliphatic carbocycles. The molecule has 0 aromatic carbocycles. The fourth-order valence-electron chi connectivity index (χ4n) is 1.63. The van der Waals surface area contributed by atoms with Crippen LogP contribution in [0.1, 0.15) is 38.4 Å². The van der Waals surface area contributed by atoms with Crippen molar-refractivity contribution in [3.63, 3.8) is 0 Å². The summed E-state index contributed by atoms with van der Waals surface area (Å²) in [7, 11) is 0. The number of nitrogens with zero attached hydrogens (tertiary/aromatic N) is 3. The van der Waals surface area contributed by atoms with E-state index in [0.29, 0.717) is 10.9 Å². The average molecular weight is 270 g/mol. The molecule has 94 valence electrons. The molecule has 1 saturated carbocycles. The van der Waals surface area contributed by atoms with Crippen LogP contribution in [0.4, 0.5) is 5.13 Å². The van der Waals surface area contributed by atoms with Crippen molar-refractivity contribution in [2.24, 2.45) is 11.7 Å². The molecule has 0 radical (unpaired) electrons. The lowest BCUT2D eigenvalue weighted by Crippen LogP contribution is -2.33. The Bertz CT molecular complexity index is 400. The van der Waals surface area contributed by atoms with Gasteiger partial charge in [-0.1, -0.05) is 19.1 Å². The van der Waals surface area contributed by atoms with Crippen LogP contribution in [0, 0.1) is 5.92 Å². The topological polar surface area (TPSA) is 55.0 Å². The number of aromatic nitrogens is 2. The van der Waals surface area contributed by atoms with Gasteiger partial charge in [-0.15, -0.1) is 0 Å². The number of nitrogens with two attached hydrogens (primary N) is 1. The van der Waals surface area contributed by atoms with Gasteiger partial charge in [-0.2, -0.15) is 4.37 Å². The Morgan fingerprint density at radius 1 is 1.65 bits per heavy atom. The normalized spacial score (nSPS) is 16.8. The van der Waals surface area contributed by atoms with E-state index >= 15 is 0 Å². The molecule has 0 saturated heterocycles. The van der Waals surface area contributed by atoms with Gasteiger partial charge in [0.05, 0.1) is 4.99 Å². The average Bonchev–Trinajstić information content (AvgIpc) is 3.04. The van der Waals surface area contributed by atoms with Gasteiger partial charge in [0.15, 0.2) is 0 Å². The Morgan fingerprint density at radius 2 is 2.35 bits per heavy atom. The Morgan fingerprint density at radius 3 is 2.88 bits per heavy atom. The van der Waals surface area contributed by atoms with E-state index < -0.39 is 0 Å². The fraction of sp³-hybridized carbons (Fsp3) is 0.727. The molecule has 0 amide bonds. The van der Waals surface area contributed by atoms with Gasteiger partial charge < -0.3 is 10.6 Å². The highest BCUT2D eigenvalue weighted by molar-refractivity contribution is 7.80. The van der Waals surface area contributed by atoms with Crippen molar-refractivity contribution < 1.29 is 0 Å². The van der Waals surface area contributed by atoms with Gasteiger partial charge in [0.1, 0.15) is 5.82 Å². The van der Waals surface area contributed by atoms with Crippen LogP contribution in [0.15, 0.2) is 0 Å². The number of hydrogen-bond acceptors (Lipinski definition) is 5. The zero-order valence-corrected chi connectivity index (χ0v) is 11.9. The quantitative estimate of drug-likeness (QED) is 0.803. The lowest BCUT2D eigenvalue weighted by molar-refractivity contribution is 0.704. The van der Waals surface area contributed by atoms with E-state index in [2.05, 4.69) is 21.2 Å². The molecule has 1 fully saturated rings. The molecule has 6 heteroatoms. The monoisotopic (exact) mass is 270 g/mol. The zero-order valence-electron chi connectivity index (χ0n) is 10.2. The number of rotatable bonds is 6. The highest BCUT2D eigenvalue weighted by Crippen LogP contribution is 2.39. The predicted octanol–water partition coefficient (Wildman–Crippen LogP) is 2.16. The van der Waals surface area contributed by atoms with E-state index in [-0.39, 0.29) is 5.92 Å². The minimum absolute atomic E-state index is 0.207. The molecule has 1 atom stereocenters. The summed E-state index contributed by atoms with van der Waals surface area (Å²) in [6.45, 7) is 5.90. The first-order chi connectivity index (χ1) is 8.11. The van der Waals surface area contributed by atoms with Gasteiger partial charge >= 0.3 is 0 Å². The van der Waals surface area contributed by atoms with Crippen molar-refractivity contribution in [3.05, 3.63) is 5.82 Å². The Kier molecular flexibility index (Phi) is 3.93. The zero-order chi connectivity index (χ0) is 12.4. The number of anilines is 1. The van der Waals surface area contributed by atoms with Gasteiger partial charge in [-0.05, 0) is 19.8 Å². The largest absolute Gasteiger partial charge is 0.393 e. The first-order valence-electron chi connectivity index (χ1n) is 5.99. The van der Waals surface area contributed by atoms with Crippen molar-refractivity contribution in [2.75, 3.05) is 18.0 Å². The first kappa shape index (κ1) is 12.7. The second kappa shape index (κ2) is 5.27. The van der Waals surface area contributed by atoms with Gasteiger partial charge in [0, 0.05) is 36.5 Å². The van der Waals surface area contributed by atoms with Crippen LogP contribution in [0.25, 0.3) is 0 Å². The molecule has 1 heterocycles. The molecule has 0 aliphatic heterocycles. The fourth-order valence-corrected chi connectivity index (χ4v) is 2.52. The molecule has 17 heavy (non-hydrogen) atoms.